The molecular weight excluding hydrogens is 362 g/mol. The molecule has 2 aliphatic carbocycles. The number of amides is 1. The molecule has 1 aromatic carbocycles. The maximum atomic E-state index is 12.6. The van der Waals surface area contributed by atoms with Gasteiger partial charge >= 0.3 is 0 Å². The van der Waals surface area contributed by atoms with Crippen LogP contribution in [-0.2, 0) is 16.6 Å². The third-order valence-corrected chi connectivity index (χ3v) is 7.01. The van der Waals surface area contributed by atoms with Crippen LogP contribution in [0.25, 0.3) is 0 Å². The van der Waals surface area contributed by atoms with Crippen molar-refractivity contribution >= 4 is 17.5 Å². The van der Waals surface area contributed by atoms with Crippen molar-refractivity contribution in [3.05, 3.63) is 46.6 Å². The van der Waals surface area contributed by atoms with Crippen LogP contribution in [0.1, 0.15) is 62.3 Å². The molecule has 1 aliphatic heterocycles. The first-order valence-electron chi connectivity index (χ1n) is 10.0. The van der Waals surface area contributed by atoms with E-state index < -0.39 is 0 Å². The number of hydrogen-bond acceptors (Lipinski definition) is 4. The zero-order chi connectivity index (χ0) is 18.4. The van der Waals surface area contributed by atoms with E-state index in [9.17, 15) is 4.79 Å². The fourth-order valence-corrected chi connectivity index (χ4v) is 5.19. The Morgan fingerprint density at radius 2 is 2.04 bits per heavy atom. The Morgan fingerprint density at radius 1 is 1.22 bits per heavy atom. The van der Waals surface area contributed by atoms with E-state index in [0.29, 0.717) is 30.7 Å². The summed E-state index contributed by atoms with van der Waals surface area (Å²) in [6.07, 6.45) is 7.79. The third-order valence-electron chi connectivity index (χ3n) is 6.76. The van der Waals surface area contributed by atoms with E-state index in [-0.39, 0.29) is 11.3 Å². The van der Waals surface area contributed by atoms with Gasteiger partial charge in [-0.3, -0.25) is 4.79 Å². The summed E-state index contributed by atoms with van der Waals surface area (Å²) in [6, 6.07) is 8.41. The minimum Gasteiger partial charge on any atom is -0.424 e. The molecule has 3 fully saturated rings. The predicted molar refractivity (Wildman–Crippen MR) is 102 cm³/mol. The van der Waals surface area contributed by atoms with Crippen LogP contribution in [0.4, 0.5) is 0 Å². The van der Waals surface area contributed by atoms with Crippen molar-refractivity contribution in [3.8, 4) is 0 Å². The number of piperidine rings is 1. The van der Waals surface area contributed by atoms with Gasteiger partial charge in [0.1, 0.15) is 0 Å². The van der Waals surface area contributed by atoms with Crippen LogP contribution in [0.3, 0.4) is 0 Å². The molecule has 1 aromatic heterocycles. The van der Waals surface area contributed by atoms with Crippen LogP contribution in [-0.4, -0.2) is 33.6 Å². The van der Waals surface area contributed by atoms with E-state index in [0.717, 1.165) is 36.7 Å². The Morgan fingerprint density at radius 3 is 2.67 bits per heavy atom. The molecule has 27 heavy (non-hydrogen) atoms. The monoisotopic (exact) mass is 385 g/mol. The van der Waals surface area contributed by atoms with Crippen LogP contribution < -0.4 is 0 Å². The van der Waals surface area contributed by atoms with Crippen molar-refractivity contribution in [2.45, 2.75) is 62.8 Å². The smallest absolute Gasteiger partial charge is 0.227 e. The van der Waals surface area contributed by atoms with Gasteiger partial charge in [0.15, 0.2) is 0 Å². The van der Waals surface area contributed by atoms with Crippen molar-refractivity contribution in [1.82, 2.24) is 15.1 Å². The lowest BCUT2D eigenvalue weighted by Gasteiger charge is -2.39. The van der Waals surface area contributed by atoms with E-state index >= 15 is 0 Å². The van der Waals surface area contributed by atoms with Crippen LogP contribution in [0.15, 0.2) is 28.7 Å². The number of aromatic nitrogens is 2. The number of nitrogens with zero attached hydrogens (tertiary/aromatic N) is 3. The molecule has 2 saturated carbocycles. The second kappa shape index (κ2) is 6.62. The molecule has 142 valence electrons. The first-order chi connectivity index (χ1) is 13.1. The largest absolute Gasteiger partial charge is 0.424 e. The number of likely N-dealkylation sites (tertiary alicyclic amines) is 1. The number of halogens is 1. The van der Waals surface area contributed by atoms with Gasteiger partial charge in [0, 0.05) is 30.5 Å². The number of benzene rings is 1. The van der Waals surface area contributed by atoms with Gasteiger partial charge in [-0.1, -0.05) is 30.2 Å². The predicted octanol–water partition coefficient (Wildman–Crippen LogP) is 4.14. The van der Waals surface area contributed by atoms with Gasteiger partial charge in [0.05, 0.1) is 5.41 Å². The molecule has 0 spiro atoms. The maximum Gasteiger partial charge on any atom is 0.227 e. The van der Waals surface area contributed by atoms with Gasteiger partial charge in [-0.2, -0.15) is 0 Å². The SMILES string of the molecule is O=C(CCc1nnc(C2(c3ccc(Cl)cc3)CCC2)o1)N1C[C@H]2CC[C@H]1C2. The number of hydrogen-bond donors (Lipinski definition) is 0. The Kier molecular flexibility index (Phi) is 4.23. The van der Waals surface area contributed by atoms with Gasteiger partial charge < -0.3 is 9.32 Å². The molecule has 3 aliphatic rings. The topological polar surface area (TPSA) is 59.2 Å². The Hall–Kier alpha value is -1.88. The third kappa shape index (κ3) is 2.96. The van der Waals surface area contributed by atoms with Gasteiger partial charge in [0.2, 0.25) is 17.7 Å². The molecule has 5 nitrogen and oxygen atoms in total. The molecule has 1 amide bonds. The molecule has 5 rings (SSSR count). The first-order valence-corrected chi connectivity index (χ1v) is 10.4. The zero-order valence-electron chi connectivity index (χ0n) is 15.4. The van der Waals surface area contributed by atoms with E-state index in [1.54, 1.807) is 0 Å². The van der Waals surface area contributed by atoms with E-state index in [4.69, 9.17) is 16.0 Å². The van der Waals surface area contributed by atoms with E-state index in [1.807, 2.05) is 12.1 Å². The Bertz CT molecular complexity index is 843. The summed E-state index contributed by atoms with van der Waals surface area (Å²) >= 11 is 6.03. The van der Waals surface area contributed by atoms with Gasteiger partial charge in [-0.05, 0) is 55.7 Å². The van der Waals surface area contributed by atoms with Crippen LogP contribution in [0.5, 0.6) is 0 Å². The van der Waals surface area contributed by atoms with Gasteiger partial charge in [0.25, 0.3) is 0 Å². The Balaban J connectivity index is 1.27. The molecular formula is C21H24ClN3O2. The van der Waals surface area contributed by atoms with Crippen molar-refractivity contribution < 1.29 is 9.21 Å². The van der Waals surface area contributed by atoms with Crippen molar-refractivity contribution in [3.63, 3.8) is 0 Å². The summed E-state index contributed by atoms with van der Waals surface area (Å²) in [6.45, 7) is 0.943. The quantitative estimate of drug-likeness (QED) is 0.776. The summed E-state index contributed by atoms with van der Waals surface area (Å²) in [5.41, 5.74) is 0.992. The number of carbonyl (C=O) groups excluding carboxylic acids is 1. The molecule has 0 N–H and O–H groups in total. The highest BCUT2D eigenvalue weighted by molar-refractivity contribution is 6.30. The zero-order valence-corrected chi connectivity index (χ0v) is 16.1. The lowest BCUT2D eigenvalue weighted by molar-refractivity contribution is -0.132. The Labute approximate surface area is 164 Å². The standard InChI is InChI=1S/C21H24ClN3O2/c22-16-5-3-15(4-6-16)21(10-1-11-21)20-24-23-18(27-20)8-9-19(26)25-13-14-2-7-17(25)12-14/h3-6,14,17H,1-2,7-13H2/t14-,17-/m0/s1. The molecule has 2 aromatic rings. The number of rotatable bonds is 5. The summed E-state index contributed by atoms with van der Waals surface area (Å²) in [5, 5.41) is 9.32. The fraction of sp³-hybridized carbons (Fsp3) is 0.571. The van der Waals surface area contributed by atoms with E-state index in [2.05, 4.69) is 27.2 Å². The molecule has 1 saturated heterocycles. The van der Waals surface area contributed by atoms with Crippen molar-refractivity contribution in [2.75, 3.05) is 6.54 Å². The highest BCUT2D eigenvalue weighted by Crippen LogP contribution is 2.48. The maximum absolute atomic E-state index is 12.6. The first kappa shape index (κ1) is 17.2. The molecule has 0 radical (unpaired) electrons. The normalized spacial score (nSPS) is 25.6. The summed E-state index contributed by atoms with van der Waals surface area (Å²) in [4.78, 5) is 14.6. The average Bonchev–Trinajstić information content (AvgIpc) is 3.37. The van der Waals surface area contributed by atoms with Crippen LogP contribution in [0.2, 0.25) is 5.02 Å². The molecule has 6 heteroatoms. The highest BCUT2D eigenvalue weighted by atomic mass is 35.5. The van der Waals surface area contributed by atoms with E-state index in [1.165, 1.54) is 24.8 Å². The number of carbonyl (C=O) groups is 1. The van der Waals surface area contributed by atoms with Crippen LogP contribution >= 0.6 is 11.6 Å². The molecule has 2 atom stereocenters. The van der Waals surface area contributed by atoms with Crippen molar-refractivity contribution in [2.24, 2.45) is 5.92 Å². The fourth-order valence-electron chi connectivity index (χ4n) is 5.06. The van der Waals surface area contributed by atoms with Crippen LogP contribution in [0, 0.1) is 5.92 Å². The molecule has 2 bridgehead atoms. The second-order valence-corrected chi connectivity index (χ2v) is 8.76. The minimum atomic E-state index is -0.187. The summed E-state index contributed by atoms with van der Waals surface area (Å²) in [7, 11) is 0. The lowest BCUT2D eigenvalue weighted by Crippen LogP contribution is -2.37. The van der Waals surface area contributed by atoms with Crippen molar-refractivity contribution in [1.29, 1.82) is 0 Å². The summed E-state index contributed by atoms with van der Waals surface area (Å²) in [5.74, 6) is 2.21. The van der Waals surface area contributed by atoms with Gasteiger partial charge in [-0.25, -0.2) is 0 Å². The molecule has 0 unspecified atom stereocenters. The minimum absolute atomic E-state index is 0.187. The summed E-state index contributed by atoms with van der Waals surface area (Å²) < 4.78 is 6.02. The lowest BCUT2D eigenvalue weighted by atomic mass is 9.64. The second-order valence-electron chi connectivity index (χ2n) is 8.32. The average molecular weight is 386 g/mol. The molecule has 2 heterocycles. The highest BCUT2D eigenvalue weighted by Gasteiger charge is 2.45. The van der Waals surface area contributed by atoms with Gasteiger partial charge in [-0.15, -0.1) is 10.2 Å². The number of aryl methyl sites for hydroxylation is 1. The number of fused-ring (bicyclic) bond motifs is 2.